The molecule has 0 amide bonds. The minimum absolute atomic E-state index is 0.409. The molecule has 0 spiro atoms. The lowest BCUT2D eigenvalue weighted by molar-refractivity contribution is 0.511. The predicted molar refractivity (Wildman–Crippen MR) is 69.4 cm³/mol. The zero-order valence-electron chi connectivity index (χ0n) is 10.4. The molecule has 1 aromatic heterocycles. The van der Waals surface area contributed by atoms with Gasteiger partial charge in [-0.05, 0) is 30.5 Å². The van der Waals surface area contributed by atoms with Crippen molar-refractivity contribution in [3.8, 4) is 0 Å². The van der Waals surface area contributed by atoms with E-state index < -0.39 is 5.76 Å². The summed E-state index contributed by atoms with van der Waals surface area (Å²) in [6.07, 6.45) is 1.07. The van der Waals surface area contributed by atoms with Gasteiger partial charge in [-0.1, -0.05) is 20.8 Å². The molecule has 0 aliphatic carbocycles. The monoisotopic (exact) mass is 234 g/mol. The van der Waals surface area contributed by atoms with Crippen molar-refractivity contribution >= 4 is 16.8 Å². The maximum atomic E-state index is 11.0. The summed E-state index contributed by atoms with van der Waals surface area (Å²) in [6, 6.07) is 6.09. The van der Waals surface area contributed by atoms with Crippen LogP contribution >= 0.6 is 0 Å². The zero-order valence-corrected chi connectivity index (χ0v) is 10.4. The van der Waals surface area contributed by atoms with Gasteiger partial charge in [0.2, 0.25) is 0 Å². The fraction of sp³-hybridized carbons (Fsp3) is 0.462. The molecular formula is C13H18N2O2. The number of hydrogen-bond acceptors (Lipinski definition) is 3. The van der Waals surface area contributed by atoms with E-state index in [1.54, 1.807) is 0 Å². The summed E-state index contributed by atoms with van der Waals surface area (Å²) in [5.41, 5.74) is 2.34. The van der Waals surface area contributed by atoms with Gasteiger partial charge in [0.1, 0.15) is 0 Å². The Balaban J connectivity index is 2.26. The number of H-pyrrole nitrogens is 1. The van der Waals surface area contributed by atoms with E-state index in [-0.39, 0.29) is 0 Å². The van der Waals surface area contributed by atoms with E-state index in [1.165, 1.54) is 0 Å². The van der Waals surface area contributed by atoms with E-state index in [9.17, 15) is 4.79 Å². The zero-order chi connectivity index (χ0) is 12.4. The molecule has 0 aliphatic heterocycles. The summed E-state index contributed by atoms with van der Waals surface area (Å²) < 4.78 is 4.96. The summed E-state index contributed by atoms with van der Waals surface area (Å²) in [4.78, 5) is 13.7. The number of benzene rings is 1. The van der Waals surface area contributed by atoms with Gasteiger partial charge in [-0.3, -0.25) is 4.98 Å². The highest BCUT2D eigenvalue weighted by Crippen LogP contribution is 2.19. The summed E-state index contributed by atoms with van der Waals surface area (Å²) in [7, 11) is 0. The molecule has 1 heterocycles. The molecule has 0 saturated carbocycles. The lowest BCUT2D eigenvalue weighted by Gasteiger charge is -2.21. The lowest BCUT2D eigenvalue weighted by atomic mass is 10.0. The van der Waals surface area contributed by atoms with Gasteiger partial charge in [0.15, 0.2) is 5.58 Å². The van der Waals surface area contributed by atoms with Crippen molar-refractivity contribution in [2.75, 3.05) is 5.32 Å². The van der Waals surface area contributed by atoms with E-state index in [2.05, 4.69) is 31.1 Å². The van der Waals surface area contributed by atoms with Crippen LogP contribution in [-0.2, 0) is 0 Å². The van der Waals surface area contributed by atoms with Crippen LogP contribution in [-0.4, -0.2) is 11.0 Å². The highest BCUT2D eigenvalue weighted by Gasteiger charge is 2.11. The second-order valence-corrected chi connectivity index (χ2v) is 4.63. The molecule has 0 bridgehead atoms. The van der Waals surface area contributed by atoms with Crippen LogP contribution in [0.25, 0.3) is 11.1 Å². The Labute approximate surface area is 100 Å². The number of anilines is 1. The van der Waals surface area contributed by atoms with Crippen LogP contribution in [0.1, 0.15) is 27.2 Å². The highest BCUT2D eigenvalue weighted by molar-refractivity contribution is 5.76. The van der Waals surface area contributed by atoms with Crippen LogP contribution in [0, 0.1) is 5.92 Å². The maximum absolute atomic E-state index is 11.0. The van der Waals surface area contributed by atoms with Crippen molar-refractivity contribution in [3.63, 3.8) is 0 Å². The van der Waals surface area contributed by atoms with E-state index in [1.807, 2.05) is 18.2 Å². The Hall–Kier alpha value is -1.71. The van der Waals surface area contributed by atoms with Crippen molar-refractivity contribution in [2.24, 2.45) is 5.92 Å². The van der Waals surface area contributed by atoms with Crippen molar-refractivity contribution < 1.29 is 4.42 Å². The fourth-order valence-electron chi connectivity index (χ4n) is 2.00. The molecule has 17 heavy (non-hydrogen) atoms. The molecule has 2 aromatic rings. The molecule has 92 valence electrons. The molecule has 4 heteroatoms. The SMILES string of the molecule is CCC(Nc1ccc2oc(=O)[nH]c2c1)C(C)C. The van der Waals surface area contributed by atoms with Crippen LogP contribution in [0.15, 0.2) is 27.4 Å². The maximum Gasteiger partial charge on any atom is 0.417 e. The van der Waals surface area contributed by atoms with Gasteiger partial charge in [-0.15, -0.1) is 0 Å². The van der Waals surface area contributed by atoms with E-state index in [4.69, 9.17) is 4.42 Å². The van der Waals surface area contributed by atoms with Crippen LogP contribution in [0.5, 0.6) is 0 Å². The summed E-state index contributed by atoms with van der Waals surface area (Å²) in [6.45, 7) is 6.55. The average Bonchev–Trinajstić information content (AvgIpc) is 2.64. The Morgan fingerprint density at radius 1 is 1.41 bits per heavy atom. The van der Waals surface area contributed by atoms with Gasteiger partial charge in [-0.25, -0.2) is 4.79 Å². The van der Waals surface area contributed by atoms with Crippen molar-refractivity contribution in [1.29, 1.82) is 0 Å². The fourth-order valence-corrected chi connectivity index (χ4v) is 2.00. The van der Waals surface area contributed by atoms with E-state index in [0.29, 0.717) is 17.5 Å². The number of hydrogen-bond donors (Lipinski definition) is 2. The molecule has 0 fully saturated rings. The van der Waals surface area contributed by atoms with Crippen LogP contribution in [0.4, 0.5) is 5.69 Å². The molecule has 0 aliphatic rings. The average molecular weight is 234 g/mol. The second-order valence-electron chi connectivity index (χ2n) is 4.63. The minimum Gasteiger partial charge on any atom is -0.408 e. The second kappa shape index (κ2) is 4.65. The summed E-state index contributed by atoms with van der Waals surface area (Å²) in [5.74, 6) is 0.159. The Morgan fingerprint density at radius 2 is 2.18 bits per heavy atom. The van der Waals surface area contributed by atoms with E-state index in [0.717, 1.165) is 17.6 Å². The molecule has 0 saturated heterocycles. The number of aromatic amines is 1. The Morgan fingerprint density at radius 3 is 2.82 bits per heavy atom. The van der Waals surface area contributed by atoms with E-state index >= 15 is 0 Å². The topological polar surface area (TPSA) is 58.0 Å². The largest absolute Gasteiger partial charge is 0.417 e. The first-order valence-corrected chi connectivity index (χ1v) is 5.99. The third-order valence-electron chi connectivity index (χ3n) is 3.02. The third-order valence-corrected chi connectivity index (χ3v) is 3.02. The van der Waals surface area contributed by atoms with Gasteiger partial charge < -0.3 is 9.73 Å². The molecular weight excluding hydrogens is 216 g/mol. The normalized spacial score (nSPS) is 13.2. The Bertz CT molecular complexity index is 554. The quantitative estimate of drug-likeness (QED) is 0.855. The van der Waals surface area contributed by atoms with Crippen molar-refractivity contribution in [2.45, 2.75) is 33.2 Å². The summed E-state index contributed by atoms with van der Waals surface area (Å²) in [5, 5.41) is 3.47. The number of rotatable bonds is 4. The molecule has 1 atom stereocenters. The highest BCUT2D eigenvalue weighted by atomic mass is 16.4. The molecule has 2 N–H and O–H groups in total. The first kappa shape index (κ1) is 11.8. The van der Waals surface area contributed by atoms with Gasteiger partial charge in [0, 0.05) is 11.7 Å². The van der Waals surface area contributed by atoms with Gasteiger partial charge in [0.25, 0.3) is 0 Å². The third kappa shape index (κ3) is 2.52. The standard InChI is InChI=1S/C13H18N2O2/c1-4-10(8(2)3)14-9-5-6-12-11(7-9)15-13(16)17-12/h5-8,10,14H,4H2,1-3H3,(H,15,16). The molecule has 1 unspecified atom stereocenters. The number of aromatic nitrogens is 1. The first-order chi connectivity index (χ1) is 8.10. The Kier molecular flexibility index (Phi) is 3.22. The number of oxazole rings is 1. The minimum atomic E-state index is -0.409. The van der Waals surface area contributed by atoms with Gasteiger partial charge >= 0.3 is 5.76 Å². The molecule has 4 nitrogen and oxygen atoms in total. The lowest BCUT2D eigenvalue weighted by Crippen LogP contribution is -2.24. The number of nitrogens with one attached hydrogen (secondary N) is 2. The van der Waals surface area contributed by atoms with Crippen molar-refractivity contribution in [1.82, 2.24) is 4.98 Å². The van der Waals surface area contributed by atoms with Crippen LogP contribution in [0.3, 0.4) is 0 Å². The summed E-state index contributed by atoms with van der Waals surface area (Å²) >= 11 is 0. The van der Waals surface area contributed by atoms with Gasteiger partial charge in [0.05, 0.1) is 5.52 Å². The molecule has 0 radical (unpaired) electrons. The first-order valence-electron chi connectivity index (χ1n) is 5.99. The van der Waals surface area contributed by atoms with Gasteiger partial charge in [-0.2, -0.15) is 0 Å². The molecule has 1 aromatic carbocycles. The van der Waals surface area contributed by atoms with Crippen LogP contribution in [0.2, 0.25) is 0 Å². The van der Waals surface area contributed by atoms with Crippen LogP contribution < -0.4 is 11.1 Å². The molecule has 2 rings (SSSR count). The smallest absolute Gasteiger partial charge is 0.408 e. The van der Waals surface area contributed by atoms with Crippen molar-refractivity contribution in [3.05, 3.63) is 28.7 Å². The predicted octanol–water partition coefficient (Wildman–Crippen LogP) is 2.97. The number of fused-ring (bicyclic) bond motifs is 1.